The molecule has 2 N–H and O–H groups in total. The minimum absolute atomic E-state index is 0.152. The van der Waals surface area contributed by atoms with Gasteiger partial charge in [-0.3, -0.25) is 9.69 Å². The fraction of sp³-hybridized carbons (Fsp3) is 0.444. The van der Waals surface area contributed by atoms with Crippen molar-refractivity contribution in [3.63, 3.8) is 0 Å². The van der Waals surface area contributed by atoms with Crippen molar-refractivity contribution in [2.45, 2.75) is 25.3 Å². The van der Waals surface area contributed by atoms with E-state index in [1.807, 2.05) is 0 Å². The second-order valence-electron chi connectivity index (χ2n) is 6.13. The van der Waals surface area contributed by atoms with Crippen molar-refractivity contribution in [3.8, 4) is 0 Å². The number of aliphatic hydroxyl groups excluding tert-OH is 1. The van der Waals surface area contributed by atoms with E-state index in [-0.39, 0.29) is 29.8 Å². The number of hydrogen-bond acceptors (Lipinski definition) is 4. The standard InChI is InChI=1S/C18H22FN3O2/c19-15-6-3-4-13-7-8-16(21-17(13)15)18(24)20-9-11-22-10-2-1-5-14(22)12-23/h3-4,6-8,14,23H,1-2,5,9-12H2,(H,20,24). The van der Waals surface area contributed by atoms with Crippen molar-refractivity contribution in [2.75, 3.05) is 26.2 Å². The molecule has 0 spiro atoms. The summed E-state index contributed by atoms with van der Waals surface area (Å²) in [6.07, 6.45) is 3.26. The molecule has 2 heterocycles. The Kier molecular flexibility index (Phi) is 5.37. The van der Waals surface area contributed by atoms with E-state index >= 15 is 0 Å². The summed E-state index contributed by atoms with van der Waals surface area (Å²) in [5.74, 6) is -0.737. The highest BCUT2D eigenvalue weighted by Gasteiger charge is 2.21. The fourth-order valence-corrected chi connectivity index (χ4v) is 3.20. The van der Waals surface area contributed by atoms with Gasteiger partial charge in [-0.15, -0.1) is 0 Å². The van der Waals surface area contributed by atoms with Gasteiger partial charge in [-0.1, -0.05) is 24.6 Å². The topological polar surface area (TPSA) is 65.5 Å². The summed E-state index contributed by atoms with van der Waals surface area (Å²) in [6, 6.07) is 8.21. The van der Waals surface area contributed by atoms with Crippen LogP contribution >= 0.6 is 0 Å². The number of halogens is 1. The number of para-hydroxylation sites is 1. The minimum atomic E-state index is -0.429. The second kappa shape index (κ2) is 7.68. The lowest BCUT2D eigenvalue weighted by molar-refractivity contribution is 0.0847. The third kappa shape index (κ3) is 3.71. The molecule has 5 nitrogen and oxygen atoms in total. The Morgan fingerprint density at radius 3 is 3.04 bits per heavy atom. The molecule has 1 unspecified atom stereocenters. The first-order valence-corrected chi connectivity index (χ1v) is 8.37. The van der Waals surface area contributed by atoms with E-state index in [4.69, 9.17) is 0 Å². The molecule has 1 fully saturated rings. The third-order valence-electron chi connectivity index (χ3n) is 4.55. The second-order valence-corrected chi connectivity index (χ2v) is 6.13. The number of likely N-dealkylation sites (tertiary alicyclic amines) is 1. The lowest BCUT2D eigenvalue weighted by Gasteiger charge is -2.34. The summed E-state index contributed by atoms with van der Waals surface area (Å²) in [4.78, 5) is 18.6. The maximum atomic E-state index is 13.8. The fourth-order valence-electron chi connectivity index (χ4n) is 3.20. The average molecular weight is 331 g/mol. The van der Waals surface area contributed by atoms with Gasteiger partial charge in [0.2, 0.25) is 0 Å². The van der Waals surface area contributed by atoms with Gasteiger partial charge in [0.1, 0.15) is 17.0 Å². The smallest absolute Gasteiger partial charge is 0.269 e. The number of pyridine rings is 1. The van der Waals surface area contributed by atoms with Crippen molar-refractivity contribution in [3.05, 3.63) is 41.8 Å². The van der Waals surface area contributed by atoms with Crippen LogP contribution in [0.5, 0.6) is 0 Å². The number of hydrogen-bond donors (Lipinski definition) is 2. The van der Waals surface area contributed by atoms with E-state index in [2.05, 4.69) is 15.2 Å². The number of aromatic nitrogens is 1. The lowest BCUT2D eigenvalue weighted by Crippen LogP contribution is -2.45. The van der Waals surface area contributed by atoms with Crippen molar-refractivity contribution >= 4 is 16.8 Å². The van der Waals surface area contributed by atoms with Gasteiger partial charge in [0.15, 0.2) is 0 Å². The highest BCUT2D eigenvalue weighted by Crippen LogP contribution is 2.17. The molecule has 24 heavy (non-hydrogen) atoms. The maximum Gasteiger partial charge on any atom is 0.269 e. The molecular formula is C18H22FN3O2. The predicted octanol–water partition coefficient (Wildman–Crippen LogP) is 1.95. The molecule has 1 atom stereocenters. The van der Waals surface area contributed by atoms with E-state index in [9.17, 15) is 14.3 Å². The molecule has 1 saturated heterocycles. The van der Waals surface area contributed by atoms with Gasteiger partial charge in [-0.25, -0.2) is 9.37 Å². The van der Waals surface area contributed by atoms with Gasteiger partial charge in [0.25, 0.3) is 5.91 Å². The van der Waals surface area contributed by atoms with Crippen LogP contribution in [0.1, 0.15) is 29.8 Å². The quantitative estimate of drug-likeness (QED) is 0.879. The first-order valence-electron chi connectivity index (χ1n) is 8.37. The largest absolute Gasteiger partial charge is 0.395 e. The molecule has 1 amide bonds. The number of amides is 1. The monoisotopic (exact) mass is 331 g/mol. The van der Waals surface area contributed by atoms with Crippen molar-refractivity contribution in [1.29, 1.82) is 0 Å². The minimum Gasteiger partial charge on any atom is -0.395 e. The molecule has 3 rings (SSSR count). The number of nitrogens with one attached hydrogen (secondary N) is 1. The van der Waals surface area contributed by atoms with Gasteiger partial charge < -0.3 is 10.4 Å². The van der Waals surface area contributed by atoms with Crippen LogP contribution in [0.2, 0.25) is 0 Å². The first kappa shape index (κ1) is 16.8. The van der Waals surface area contributed by atoms with Crippen LogP contribution in [-0.4, -0.2) is 53.2 Å². The summed E-state index contributed by atoms with van der Waals surface area (Å²) in [5, 5.41) is 12.9. The molecule has 1 aromatic heterocycles. The number of piperidine rings is 1. The molecule has 1 aliphatic heterocycles. The molecular weight excluding hydrogens is 309 g/mol. The Labute approximate surface area is 140 Å². The Hall–Kier alpha value is -2.05. The van der Waals surface area contributed by atoms with Crippen LogP contribution < -0.4 is 5.32 Å². The normalized spacial score (nSPS) is 18.7. The van der Waals surface area contributed by atoms with Gasteiger partial charge in [0, 0.05) is 24.5 Å². The van der Waals surface area contributed by atoms with Crippen LogP contribution in [0.3, 0.4) is 0 Å². The van der Waals surface area contributed by atoms with Gasteiger partial charge in [0.05, 0.1) is 6.61 Å². The lowest BCUT2D eigenvalue weighted by atomic mass is 10.0. The van der Waals surface area contributed by atoms with Gasteiger partial charge >= 0.3 is 0 Å². The van der Waals surface area contributed by atoms with Crippen LogP contribution in [-0.2, 0) is 0 Å². The van der Waals surface area contributed by atoms with E-state index in [0.717, 1.165) is 25.8 Å². The van der Waals surface area contributed by atoms with Crippen molar-refractivity contribution in [2.24, 2.45) is 0 Å². The van der Waals surface area contributed by atoms with Crippen molar-refractivity contribution in [1.82, 2.24) is 15.2 Å². The van der Waals surface area contributed by atoms with E-state index in [1.54, 1.807) is 24.3 Å². The summed E-state index contributed by atoms with van der Waals surface area (Å²) < 4.78 is 13.8. The van der Waals surface area contributed by atoms with Crippen LogP contribution in [0.15, 0.2) is 30.3 Å². The Bertz CT molecular complexity index is 722. The zero-order valence-electron chi connectivity index (χ0n) is 13.5. The summed E-state index contributed by atoms with van der Waals surface area (Å²) >= 11 is 0. The van der Waals surface area contributed by atoms with Gasteiger partial charge in [-0.05, 0) is 31.5 Å². The van der Waals surface area contributed by atoms with Crippen LogP contribution in [0.25, 0.3) is 10.9 Å². The van der Waals surface area contributed by atoms with Crippen LogP contribution in [0.4, 0.5) is 4.39 Å². The molecule has 1 aliphatic rings. The number of benzene rings is 1. The Balaban J connectivity index is 1.60. The summed E-state index contributed by atoms with van der Waals surface area (Å²) in [5.41, 5.74) is 0.423. The number of fused-ring (bicyclic) bond motifs is 1. The van der Waals surface area contributed by atoms with Gasteiger partial charge in [-0.2, -0.15) is 0 Å². The number of carbonyl (C=O) groups excluding carboxylic acids is 1. The molecule has 2 aromatic rings. The third-order valence-corrected chi connectivity index (χ3v) is 4.55. The maximum absolute atomic E-state index is 13.8. The molecule has 0 aliphatic carbocycles. The predicted molar refractivity (Wildman–Crippen MR) is 90.3 cm³/mol. The molecule has 0 radical (unpaired) electrons. The van der Waals surface area contributed by atoms with Crippen LogP contribution in [0, 0.1) is 5.82 Å². The summed E-state index contributed by atoms with van der Waals surface area (Å²) in [7, 11) is 0. The molecule has 0 saturated carbocycles. The van der Waals surface area contributed by atoms with E-state index in [1.165, 1.54) is 6.07 Å². The first-order chi connectivity index (χ1) is 11.7. The number of rotatable bonds is 5. The molecule has 1 aromatic carbocycles. The Morgan fingerprint density at radius 2 is 2.21 bits per heavy atom. The number of carbonyl (C=O) groups is 1. The number of aliphatic hydroxyl groups is 1. The number of nitrogens with zero attached hydrogens (tertiary/aromatic N) is 2. The SMILES string of the molecule is O=C(NCCN1CCCCC1CO)c1ccc2cccc(F)c2n1. The highest BCUT2D eigenvalue weighted by molar-refractivity contribution is 5.94. The van der Waals surface area contributed by atoms with E-state index < -0.39 is 5.82 Å². The Morgan fingerprint density at radius 1 is 1.33 bits per heavy atom. The molecule has 6 heteroatoms. The average Bonchev–Trinajstić information content (AvgIpc) is 2.62. The summed E-state index contributed by atoms with van der Waals surface area (Å²) in [6.45, 7) is 2.27. The zero-order chi connectivity index (χ0) is 16.9. The molecule has 128 valence electrons. The van der Waals surface area contributed by atoms with Crippen molar-refractivity contribution < 1.29 is 14.3 Å². The van der Waals surface area contributed by atoms with E-state index in [0.29, 0.717) is 18.5 Å². The molecule has 0 bridgehead atoms. The zero-order valence-corrected chi connectivity index (χ0v) is 13.5. The highest BCUT2D eigenvalue weighted by atomic mass is 19.1.